The first kappa shape index (κ1) is 22.8. The number of nitrogens with zero attached hydrogens (tertiary/aromatic N) is 3. The molecule has 0 unspecified atom stereocenters. The van der Waals surface area contributed by atoms with Gasteiger partial charge in [0.2, 0.25) is 0 Å². The van der Waals surface area contributed by atoms with Crippen molar-refractivity contribution in [2.45, 2.75) is 89.6 Å². The van der Waals surface area contributed by atoms with Crippen LogP contribution in [0.1, 0.15) is 81.2 Å². The maximum atomic E-state index is 12.7. The molecule has 2 N–H and O–H groups in total. The molecule has 0 radical (unpaired) electrons. The highest BCUT2D eigenvalue weighted by atomic mass is 32.1. The highest BCUT2D eigenvalue weighted by Gasteiger charge is 2.19. The van der Waals surface area contributed by atoms with Gasteiger partial charge in [0.25, 0.3) is 5.91 Å². The van der Waals surface area contributed by atoms with Gasteiger partial charge in [-0.05, 0) is 19.9 Å². The Kier molecular flexibility index (Phi) is 9.16. The molecule has 2 aliphatic rings. The van der Waals surface area contributed by atoms with Crippen LogP contribution in [0.3, 0.4) is 0 Å². The first-order valence-corrected chi connectivity index (χ1v) is 12.3. The Morgan fingerprint density at radius 1 is 1.13 bits per heavy atom. The largest absolute Gasteiger partial charge is 0.349 e. The Morgan fingerprint density at radius 3 is 2.40 bits per heavy atom. The number of carbonyl (C=O) groups is 1. The van der Waals surface area contributed by atoms with E-state index < -0.39 is 0 Å². The van der Waals surface area contributed by atoms with Crippen molar-refractivity contribution in [3.8, 4) is 6.07 Å². The number of amides is 1. The van der Waals surface area contributed by atoms with Crippen molar-refractivity contribution in [3.05, 3.63) is 22.3 Å². The standard InChI is InChI=1S/C23H35N5OS/c1-28-14-13-20-21(17-28)30-23(27-20)25-16-18(15-24)22(29)26-19-11-9-7-5-3-2-4-6-8-10-12-19/h16,19H,2-14,17H2,1H3,(H,25,27)(H,26,29)/b18-16-. The van der Waals surface area contributed by atoms with E-state index in [0.29, 0.717) is 0 Å². The molecule has 1 saturated carbocycles. The monoisotopic (exact) mass is 429 g/mol. The van der Waals surface area contributed by atoms with Crippen LogP contribution in [0.25, 0.3) is 0 Å². The van der Waals surface area contributed by atoms with Crippen LogP contribution in [0.2, 0.25) is 0 Å². The third kappa shape index (κ3) is 7.10. The summed E-state index contributed by atoms with van der Waals surface area (Å²) in [5, 5.41) is 16.5. The predicted molar refractivity (Wildman–Crippen MR) is 122 cm³/mol. The Morgan fingerprint density at radius 2 is 1.77 bits per heavy atom. The Labute approximate surface area is 184 Å². The maximum absolute atomic E-state index is 12.7. The van der Waals surface area contributed by atoms with Crippen LogP contribution in [0.5, 0.6) is 0 Å². The predicted octanol–water partition coefficient (Wildman–Crippen LogP) is 4.74. The number of hydrogen-bond acceptors (Lipinski definition) is 6. The molecule has 1 aromatic rings. The number of thiazole rings is 1. The van der Waals surface area contributed by atoms with Gasteiger partial charge in [-0.2, -0.15) is 5.26 Å². The quantitative estimate of drug-likeness (QED) is 0.534. The molecule has 1 aliphatic heterocycles. The van der Waals surface area contributed by atoms with Gasteiger partial charge in [-0.15, -0.1) is 11.3 Å². The number of carbonyl (C=O) groups excluding carboxylic acids is 1. The van der Waals surface area contributed by atoms with E-state index in [1.165, 1.54) is 56.0 Å². The Hall–Kier alpha value is -1.91. The lowest BCUT2D eigenvalue weighted by molar-refractivity contribution is -0.117. The van der Waals surface area contributed by atoms with Crippen molar-refractivity contribution in [1.29, 1.82) is 5.26 Å². The number of likely N-dealkylation sites (N-methyl/N-ethyl adjacent to an activating group) is 1. The molecular formula is C23H35N5OS. The fraction of sp³-hybridized carbons (Fsp3) is 0.696. The molecule has 164 valence electrons. The second-order valence-corrected chi connectivity index (χ2v) is 9.70. The fourth-order valence-electron chi connectivity index (χ4n) is 4.24. The normalized spacial score (nSPS) is 20.3. The highest BCUT2D eigenvalue weighted by molar-refractivity contribution is 7.15. The molecule has 0 bridgehead atoms. The SMILES string of the molecule is CN1CCc2nc(N/C=C(/C#N)C(=O)NC3CCCCCCCCCCC3)sc2C1. The summed E-state index contributed by atoms with van der Waals surface area (Å²) in [5.74, 6) is -0.275. The zero-order valence-electron chi connectivity index (χ0n) is 18.2. The molecule has 0 aromatic carbocycles. The van der Waals surface area contributed by atoms with Crippen molar-refractivity contribution < 1.29 is 4.79 Å². The first-order chi connectivity index (χ1) is 14.7. The molecule has 30 heavy (non-hydrogen) atoms. The van der Waals surface area contributed by atoms with Crippen LogP contribution in [0.15, 0.2) is 11.8 Å². The van der Waals surface area contributed by atoms with E-state index in [0.717, 1.165) is 56.0 Å². The number of anilines is 1. The lowest BCUT2D eigenvalue weighted by atomic mass is 9.98. The van der Waals surface area contributed by atoms with Gasteiger partial charge < -0.3 is 15.5 Å². The van der Waals surface area contributed by atoms with Gasteiger partial charge in [-0.3, -0.25) is 4.79 Å². The summed E-state index contributed by atoms with van der Waals surface area (Å²) in [6.07, 6.45) is 15.8. The minimum Gasteiger partial charge on any atom is -0.349 e. The van der Waals surface area contributed by atoms with E-state index >= 15 is 0 Å². The molecule has 1 fully saturated rings. The summed E-state index contributed by atoms with van der Waals surface area (Å²) in [7, 11) is 2.11. The van der Waals surface area contributed by atoms with Crippen molar-refractivity contribution in [2.24, 2.45) is 0 Å². The smallest absolute Gasteiger partial charge is 0.263 e. The van der Waals surface area contributed by atoms with Crippen LogP contribution in [-0.4, -0.2) is 35.4 Å². The van der Waals surface area contributed by atoms with E-state index in [4.69, 9.17) is 0 Å². The molecule has 0 atom stereocenters. The Balaban J connectivity index is 1.55. The molecule has 1 amide bonds. The van der Waals surface area contributed by atoms with E-state index in [9.17, 15) is 10.1 Å². The van der Waals surface area contributed by atoms with E-state index in [1.807, 2.05) is 0 Å². The van der Waals surface area contributed by atoms with Gasteiger partial charge in [-0.1, -0.05) is 57.8 Å². The lowest BCUT2D eigenvalue weighted by Gasteiger charge is -2.20. The average Bonchev–Trinajstić information content (AvgIpc) is 3.12. The molecule has 3 rings (SSSR count). The van der Waals surface area contributed by atoms with Crippen LogP contribution < -0.4 is 10.6 Å². The Bertz CT molecular complexity index is 754. The van der Waals surface area contributed by atoms with Crippen LogP contribution in [-0.2, 0) is 17.8 Å². The van der Waals surface area contributed by atoms with Crippen molar-refractivity contribution in [1.82, 2.24) is 15.2 Å². The van der Waals surface area contributed by atoms with Crippen LogP contribution in [0.4, 0.5) is 5.13 Å². The molecule has 2 heterocycles. The summed E-state index contributed by atoms with van der Waals surface area (Å²) < 4.78 is 0. The highest BCUT2D eigenvalue weighted by Crippen LogP contribution is 2.27. The van der Waals surface area contributed by atoms with Gasteiger partial charge in [0.1, 0.15) is 11.6 Å². The third-order valence-electron chi connectivity index (χ3n) is 6.07. The van der Waals surface area contributed by atoms with Gasteiger partial charge >= 0.3 is 0 Å². The van der Waals surface area contributed by atoms with Crippen molar-refractivity contribution in [3.63, 3.8) is 0 Å². The third-order valence-corrected chi connectivity index (χ3v) is 7.08. The minimum absolute atomic E-state index is 0.117. The fourth-order valence-corrected chi connectivity index (χ4v) is 5.30. The van der Waals surface area contributed by atoms with Crippen LogP contribution in [0, 0.1) is 11.3 Å². The first-order valence-electron chi connectivity index (χ1n) is 11.5. The lowest BCUT2D eigenvalue weighted by Crippen LogP contribution is -2.35. The van der Waals surface area contributed by atoms with Gasteiger partial charge in [-0.25, -0.2) is 4.98 Å². The van der Waals surface area contributed by atoms with Gasteiger partial charge in [0.05, 0.1) is 5.69 Å². The summed E-state index contributed by atoms with van der Waals surface area (Å²) in [4.78, 5) is 20.9. The summed E-state index contributed by atoms with van der Waals surface area (Å²) in [6.45, 7) is 1.92. The number of hydrogen-bond donors (Lipinski definition) is 2. The summed E-state index contributed by atoms with van der Waals surface area (Å²) >= 11 is 1.60. The molecule has 7 heteroatoms. The molecule has 6 nitrogen and oxygen atoms in total. The average molecular weight is 430 g/mol. The van der Waals surface area contributed by atoms with E-state index in [2.05, 4.69) is 33.6 Å². The van der Waals surface area contributed by atoms with E-state index in [-0.39, 0.29) is 17.5 Å². The number of aromatic nitrogens is 1. The number of fused-ring (bicyclic) bond motifs is 1. The van der Waals surface area contributed by atoms with E-state index in [1.54, 1.807) is 11.3 Å². The van der Waals surface area contributed by atoms with Gasteiger partial charge in [0.15, 0.2) is 5.13 Å². The topological polar surface area (TPSA) is 81.1 Å². The minimum atomic E-state index is -0.275. The second-order valence-electron chi connectivity index (χ2n) is 8.62. The molecule has 0 saturated heterocycles. The molecule has 1 aromatic heterocycles. The number of nitriles is 1. The number of rotatable bonds is 4. The summed E-state index contributed by atoms with van der Waals surface area (Å²) in [5.41, 5.74) is 1.25. The second kappa shape index (κ2) is 12.1. The van der Waals surface area contributed by atoms with Crippen molar-refractivity contribution >= 4 is 22.4 Å². The number of nitrogens with one attached hydrogen (secondary N) is 2. The molecule has 0 spiro atoms. The summed E-state index contributed by atoms with van der Waals surface area (Å²) in [6, 6.07) is 2.22. The van der Waals surface area contributed by atoms with Crippen LogP contribution >= 0.6 is 11.3 Å². The maximum Gasteiger partial charge on any atom is 0.263 e. The zero-order valence-corrected chi connectivity index (χ0v) is 19.0. The van der Waals surface area contributed by atoms with Crippen molar-refractivity contribution in [2.75, 3.05) is 18.9 Å². The zero-order chi connectivity index (χ0) is 21.2. The van der Waals surface area contributed by atoms with Gasteiger partial charge in [0, 0.05) is 36.6 Å². The molecule has 1 aliphatic carbocycles. The molecular weight excluding hydrogens is 394 g/mol.